The Morgan fingerprint density at radius 1 is 1.28 bits per heavy atom. The van der Waals surface area contributed by atoms with Crippen LogP contribution in [0.25, 0.3) is 0 Å². The molecule has 0 spiro atoms. The summed E-state index contributed by atoms with van der Waals surface area (Å²) >= 11 is 0. The van der Waals surface area contributed by atoms with Crippen LogP contribution < -0.4 is 5.32 Å². The Labute approximate surface area is 104 Å². The van der Waals surface area contributed by atoms with Crippen LogP contribution in [0.1, 0.15) is 16.8 Å². The second-order valence-electron chi connectivity index (χ2n) is 4.28. The maximum Gasteiger partial charge on any atom is 0.251 e. The fraction of sp³-hybridized carbons (Fsp3) is 0.364. The van der Waals surface area contributed by atoms with Crippen molar-refractivity contribution >= 4 is 15.7 Å². The molecule has 1 fully saturated rings. The van der Waals surface area contributed by atoms with Crippen molar-refractivity contribution in [3.8, 4) is 11.5 Å². The summed E-state index contributed by atoms with van der Waals surface area (Å²) in [5.41, 5.74) is 0.176. The standard InChI is InChI=1S/C11H13NO5S/c13-9-2-1-7(5-10(9)14)11(15)12-8-3-4-18(16,17)6-8/h1-2,5,8,13-14H,3-4,6H2,(H,12,15). The molecule has 0 bridgehead atoms. The van der Waals surface area contributed by atoms with Crippen LogP contribution in [0, 0.1) is 0 Å². The molecule has 1 unspecified atom stereocenters. The number of carbonyl (C=O) groups excluding carboxylic acids is 1. The lowest BCUT2D eigenvalue weighted by Gasteiger charge is -2.11. The molecule has 6 nitrogen and oxygen atoms in total. The number of rotatable bonds is 2. The SMILES string of the molecule is O=C(NC1CCS(=O)(=O)C1)c1ccc(O)c(O)c1. The number of aromatic hydroxyl groups is 2. The molecule has 1 atom stereocenters. The van der Waals surface area contributed by atoms with E-state index in [1.54, 1.807) is 0 Å². The Balaban J connectivity index is 2.06. The van der Waals surface area contributed by atoms with Crippen molar-refractivity contribution in [3.05, 3.63) is 23.8 Å². The summed E-state index contributed by atoms with van der Waals surface area (Å²) in [5.74, 6) is -1.13. The van der Waals surface area contributed by atoms with Crippen LogP contribution in [0.15, 0.2) is 18.2 Å². The molecular weight excluding hydrogens is 258 g/mol. The molecule has 2 rings (SSSR count). The van der Waals surface area contributed by atoms with Crippen molar-refractivity contribution < 1.29 is 23.4 Å². The van der Waals surface area contributed by atoms with E-state index < -0.39 is 21.8 Å². The number of nitrogens with one attached hydrogen (secondary N) is 1. The van der Waals surface area contributed by atoms with Gasteiger partial charge in [0.2, 0.25) is 0 Å². The van der Waals surface area contributed by atoms with E-state index in [1.165, 1.54) is 12.1 Å². The quantitative estimate of drug-likeness (QED) is 0.658. The number of hydrogen-bond donors (Lipinski definition) is 3. The topological polar surface area (TPSA) is 104 Å². The molecule has 1 aliphatic rings. The van der Waals surface area contributed by atoms with Crippen LogP contribution in [0.5, 0.6) is 11.5 Å². The molecule has 0 radical (unpaired) electrons. The molecule has 1 amide bonds. The van der Waals surface area contributed by atoms with Crippen molar-refractivity contribution in [2.45, 2.75) is 12.5 Å². The summed E-state index contributed by atoms with van der Waals surface area (Å²) in [4.78, 5) is 11.8. The zero-order valence-corrected chi connectivity index (χ0v) is 10.3. The van der Waals surface area contributed by atoms with Crippen LogP contribution in [0.3, 0.4) is 0 Å². The van der Waals surface area contributed by atoms with E-state index in [-0.39, 0.29) is 28.6 Å². The maximum absolute atomic E-state index is 11.8. The number of hydrogen-bond acceptors (Lipinski definition) is 5. The Hall–Kier alpha value is -1.76. The van der Waals surface area contributed by atoms with Crippen LogP contribution in [0.2, 0.25) is 0 Å². The van der Waals surface area contributed by atoms with Gasteiger partial charge in [0, 0.05) is 11.6 Å². The lowest BCUT2D eigenvalue weighted by atomic mass is 10.1. The Morgan fingerprint density at radius 2 is 2.00 bits per heavy atom. The first-order valence-corrected chi connectivity index (χ1v) is 7.23. The summed E-state index contributed by atoms with van der Waals surface area (Å²) in [6, 6.07) is 3.30. The molecule has 1 heterocycles. The monoisotopic (exact) mass is 271 g/mol. The van der Waals surface area contributed by atoms with Gasteiger partial charge in [0.05, 0.1) is 11.5 Å². The number of phenolic OH excluding ortho intramolecular Hbond substituents is 2. The number of phenols is 2. The fourth-order valence-electron chi connectivity index (χ4n) is 1.84. The molecule has 0 aromatic heterocycles. The molecule has 1 saturated heterocycles. The first-order valence-electron chi connectivity index (χ1n) is 5.41. The van der Waals surface area contributed by atoms with E-state index in [1.807, 2.05) is 0 Å². The normalized spacial score (nSPS) is 21.7. The van der Waals surface area contributed by atoms with Crippen LogP contribution in [-0.2, 0) is 9.84 Å². The van der Waals surface area contributed by atoms with Gasteiger partial charge >= 0.3 is 0 Å². The third-order valence-corrected chi connectivity index (χ3v) is 4.57. The van der Waals surface area contributed by atoms with Crippen molar-refractivity contribution in [2.75, 3.05) is 11.5 Å². The lowest BCUT2D eigenvalue weighted by Crippen LogP contribution is -2.35. The first-order chi connectivity index (χ1) is 8.37. The molecule has 98 valence electrons. The third kappa shape index (κ3) is 2.73. The summed E-state index contributed by atoms with van der Waals surface area (Å²) < 4.78 is 22.5. The minimum absolute atomic E-state index is 0.0528. The number of carbonyl (C=O) groups is 1. The highest BCUT2D eigenvalue weighted by Crippen LogP contribution is 2.25. The Morgan fingerprint density at radius 3 is 2.56 bits per heavy atom. The second kappa shape index (κ2) is 4.49. The van der Waals surface area contributed by atoms with Crippen LogP contribution in [0.4, 0.5) is 0 Å². The van der Waals surface area contributed by atoms with Crippen molar-refractivity contribution in [1.29, 1.82) is 0 Å². The van der Waals surface area contributed by atoms with E-state index in [4.69, 9.17) is 5.11 Å². The zero-order chi connectivity index (χ0) is 13.3. The molecular formula is C11H13NO5S. The molecule has 3 N–H and O–H groups in total. The van der Waals surface area contributed by atoms with Gasteiger partial charge < -0.3 is 15.5 Å². The predicted molar refractivity (Wildman–Crippen MR) is 64.3 cm³/mol. The van der Waals surface area contributed by atoms with Gasteiger partial charge in [-0.15, -0.1) is 0 Å². The Bertz CT molecular complexity index is 581. The summed E-state index contributed by atoms with van der Waals surface area (Å²) in [6.45, 7) is 0. The molecule has 0 aliphatic carbocycles. The smallest absolute Gasteiger partial charge is 0.251 e. The fourth-order valence-corrected chi connectivity index (χ4v) is 3.52. The molecule has 1 aromatic rings. The van der Waals surface area contributed by atoms with Gasteiger partial charge in [0.1, 0.15) is 0 Å². The first kappa shape index (κ1) is 12.7. The van der Waals surface area contributed by atoms with E-state index >= 15 is 0 Å². The molecule has 18 heavy (non-hydrogen) atoms. The Kier molecular flexibility index (Phi) is 3.16. The van der Waals surface area contributed by atoms with Crippen LogP contribution in [-0.4, -0.2) is 42.1 Å². The van der Waals surface area contributed by atoms with Gasteiger partial charge in [-0.3, -0.25) is 4.79 Å². The summed E-state index contributed by atoms with van der Waals surface area (Å²) in [7, 11) is -3.04. The predicted octanol–water partition coefficient (Wildman–Crippen LogP) is 0.0147. The van der Waals surface area contributed by atoms with Crippen LogP contribution >= 0.6 is 0 Å². The maximum atomic E-state index is 11.8. The van der Waals surface area contributed by atoms with Gasteiger partial charge in [0.25, 0.3) is 5.91 Å². The van der Waals surface area contributed by atoms with E-state index in [2.05, 4.69) is 5.32 Å². The number of amides is 1. The highest BCUT2D eigenvalue weighted by Gasteiger charge is 2.29. The molecule has 7 heteroatoms. The number of sulfone groups is 1. The lowest BCUT2D eigenvalue weighted by molar-refractivity contribution is 0.0940. The van der Waals surface area contributed by atoms with Gasteiger partial charge in [-0.25, -0.2) is 8.42 Å². The van der Waals surface area contributed by atoms with Crippen molar-refractivity contribution in [3.63, 3.8) is 0 Å². The average Bonchev–Trinajstić information content (AvgIpc) is 2.62. The third-order valence-electron chi connectivity index (χ3n) is 2.81. The molecule has 0 saturated carbocycles. The van der Waals surface area contributed by atoms with Gasteiger partial charge in [-0.1, -0.05) is 0 Å². The second-order valence-corrected chi connectivity index (χ2v) is 6.51. The largest absolute Gasteiger partial charge is 0.504 e. The molecule has 1 aromatic carbocycles. The van der Waals surface area contributed by atoms with E-state index in [0.717, 1.165) is 6.07 Å². The average molecular weight is 271 g/mol. The van der Waals surface area contributed by atoms with Gasteiger partial charge in [0.15, 0.2) is 21.3 Å². The number of benzene rings is 1. The summed E-state index contributed by atoms with van der Waals surface area (Å²) in [5, 5.41) is 21.0. The highest BCUT2D eigenvalue weighted by molar-refractivity contribution is 7.91. The van der Waals surface area contributed by atoms with Crippen molar-refractivity contribution in [2.24, 2.45) is 0 Å². The van der Waals surface area contributed by atoms with E-state index in [0.29, 0.717) is 6.42 Å². The molecule has 1 aliphatic heterocycles. The van der Waals surface area contributed by atoms with E-state index in [9.17, 15) is 18.3 Å². The van der Waals surface area contributed by atoms with Gasteiger partial charge in [-0.05, 0) is 24.6 Å². The van der Waals surface area contributed by atoms with Crippen molar-refractivity contribution in [1.82, 2.24) is 5.32 Å². The minimum atomic E-state index is -3.04. The summed E-state index contributed by atoms with van der Waals surface area (Å²) in [6.07, 6.45) is 0.401. The van der Waals surface area contributed by atoms with Gasteiger partial charge in [-0.2, -0.15) is 0 Å². The zero-order valence-electron chi connectivity index (χ0n) is 9.46. The minimum Gasteiger partial charge on any atom is -0.504 e. The highest BCUT2D eigenvalue weighted by atomic mass is 32.2.